The number of rotatable bonds is 2. The summed E-state index contributed by atoms with van der Waals surface area (Å²) >= 11 is 0. The second kappa shape index (κ2) is 3.52. The zero-order chi connectivity index (χ0) is 8.97. The number of aromatic nitrogens is 1. The third kappa shape index (κ3) is 1.60. The highest BCUT2D eigenvalue weighted by molar-refractivity contribution is 6.07. The topological polar surface area (TPSA) is 83.0 Å². The summed E-state index contributed by atoms with van der Waals surface area (Å²) in [5.74, 6) is 0.369. The lowest BCUT2D eigenvalue weighted by Gasteiger charge is -1.98. The lowest BCUT2D eigenvalue weighted by atomic mass is 10.2. The van der Waals surface area contributed by atoms with Crippen molar-refractivity contribution in [3.05, 3.63) is 30.2 Å². The number of nitrogens with zero attached hydrogens (tertiary/aromatic N) is 1. The zero-order valence-electron chi connectivity index (χ0n) is 6.36. The number of aliphatic hydroxyl groups is 1. The van der Waals surface area contributed by atoms with Gasteiger partial charge in [-0.1, -0.05) is 6.07 Å². The Morgan fingerprint density at radius 1 is 1.58 bits per heavy atom. The molecule has 0 fully saturated rings. The number of nitrogens with two attached hydrogens (primary N) is 1. The molecule has 0 aliphatic heterocycles. The minimum Gasteiger partial charge on any atom is -0.515 e. The first-order valence-corrected chi connectivity index (χ1v) is 3.35. The predicted octanol–water partition coefficient (Wildman–Crippen LogP) is 1.21. The summed E-state index contributed by atoms with van der Waals surface area (Å²) in [6, 6.07) is 5.02. The summed E-state index contributed by atoms with van der Waals surface area (Å²) in [5.41, 5.74) is 6.24. The van der Waals surface area contributed by atoms with Gasteiger partial charge in [0, 0.05) is 6.21 Å². The largest absolute Gasteiger partial charge is 0.515 e. The van der Waals surface area contributed by atoms with Gasteiger partial charge in [0.2, 0.25) is 0 Å². The fraction of sp³-hybridized carbons (Fsp3) is 0. The first kappa shape index (κ1) is 8.26. The Labute approximate surface area is 69.9 Å². The first-order valence-electron chi connectivity index (χ1n) is 3.35. The van der Waals surface area contributed by atoms with E-state index in [0.717, 1.165) is 12.5 Å². The van der Waals surface area contributed by atoms with Crippen LogP contribution in [0, 0.1) is 5.41 Å². The molecule has 1 aromatic heterocycles. The van der Waals surface area contributed by atoms with Gasteiger partial charge < -0.3 is 16.2 Å². The average molecular weight is 163 g/mol. The van der Waals surface area contributed by atoms with E-state index in [2.05, 4.69) is 4.98 Å². The molecule has 62 valence electrons. The van der Waals surface area contributed by atoms with Gasteiger partial charge in [0.25, 0.3) is 0 Å². The van der Waals surface area contributed by atoms with E-state index in [1.807, 2.05) is 0 Å². The van der Waals surface area contributed by atoms with E-state index in [1.165, 1.54) is 0 Å². The minimum absolute atomic E-state index is 0.335. The Kier molecular flexibility index (Phi) is 2.42. The van der Waals surface area contributed by atoms with Gasteiger partial charge in [0.05, 0.1) is 17.5 Å². The van der Waals surface area contributed by atoms with Crippen molar-refractivity contribution in [3.63, 3.8) is 0 Å². The average Bonchev–Trinajstić information content (AvgIpc) is 2.07. The van der Waals surface area contributed by atoms with E-state index in [-0.39, 0.29) is 0 Å². The lowest BCUT2D eigenvalue weighted by molar-refractivity contribution is 0.476. The van der Waals surface area contributed by atoms with Gasteiger partial charge in [0.15, 0.2) is 0 Å². The molecule has 0 atom stereocenters. The molecule has 0 bridgehead atoms. The second-order valence-electron chi connectivity index (χ2n) is 2.18. The number of aliphatic hydroxyl groups excluding tert-OH is 1. The van der Waals surface area contributed by atoms with Crippen LogP contribution in [-0.4, -0.2) is 16.3 Å². The van der Waals surface area contributed by atoms with Crippen molar-refractivity contribution in [2.24, 2.45) is 0 Å². The van der Waals surface area contributed by atoms with E-state index in [9.17, 15) is 0 Å². The first-order chi connectivity index (χ1) is 5.77. The molecule has 4 heteroatoms. The van der Waals surface area contributed by atoms with Crippen LogP contribution in [0.1, 0.15) is 5.69 Å². The normalized spacial score (nSPS) is 11.2. The quantitative estimate of drug-likeness (QED) is 0.452. The van der Waals surface area contributed by atoms with Crippen LogP contribution in [0.4, 0.5) is 5.82 Å². The minimum atomic E-state index is 0.335. The van der Waals surface area contributed by atoms with Crippen LogP contribution in [-0.2, 0) is 0 Å². The molecular weight excluding hydrogens is 154 g/mol. The molecule has 0 saturated carbocycles. The van der Waals surface area contributed by atoms with Gasteiger partial charge in [0.1, 0.15) is 5.82 Å². The lowest BCUT2D eigenvalue weighted by Crippen LogP contribution is -1.95. The highest BCUT2D eigenvalue weighted by Crippen LogP contribution is 2.09. The third-order valence-electron chi connectivity index (χ3n) is 1.36. The van der Waals surface area contributed by atoms with E-state index in [0.29, 0.717) is 17.1 Å². The van der Waals surface area contributed by atoms with Crippen LogP contribution in [0.3, 0.4) is 0 Å². The standard InChI is InChI=1S/C8H9N3O/c9-4-6(5-12)7-2-1-3-8(10)11-7/h1-5,9,12H,(H2,10,11)/b6-5+,9-4?. The summed E-state index contributed by atoms with van der Waals surface area (Å²) < 4.78 is 0. The van der Waals surface area contributed by atoms with Crippen LogP contribution in [0.15, 0.2) is 24.5 Å². The smallest absolute Gasteiger partial charge is 0.124 e. The van der Waals surface area contributed by atoms with Crippen molar-refractivity contribution in [3.8, 4) is 0 Å². The van der Waals surface area contributed by atoms with Crippen LogP contribution in [0.2, 0.25) is 0 Å². The van der Waals surface area contributed by atoms with E-state index >= 15 is 0 Å². The maximum absolute atomic E-state index is 8.68. The van der Waals surface area contributed by atoms with Crippen molar-refractivity contribution in [1.29, 1.82) is 5.41 Å². The van der Waals surface area contributed by atoms with Crippen LogP contribution in [0.5, 0.6) is 0 Å². The molecule has 1 rings (SSSR count). The van der Waals surface area contributed by atoms with Crippen molar-refractivity contribution >= 4 is 17.6 Å². The second-order valence-corrected chi connectivity index (χ2v) is 2.18. The van der Waals surface area contributed by atoms with E-state index < -0.39 is 0 Å². The predicted molar refractivity (Wildman–Crippen MR) is 48.0 cm³/mol. The molecule has 0 radical (unpaired) electrons. The van der Waals surface area contributed by atoms with Gasteiger partial charge in [-0.25, -0.2) is 4.98 Å². The summed E-state index contributed by atoms with van der Waals surface area (Å²) in [4.78, 5) is 3.91. The fourth-order valence-electron chi connectivity index (χ4n) is 0.790. The molecule has 4 N–H and O–H groups in total. The highest BCUT2D eigenvalue weighted by Gasteiger charge is 1.99. The molecule has 4 nitrogen and oxygen atoms in total. The molecule has 0 unspecified atom stereocenters. The van der Waals surface area contributed by atoms with Crippen molar-refractivity contribution < 1.29 is 5.11 Å². The molecular formula is C8H9N3O. The Bertz CT molecular complexity index is 320. The molecule has 0 aromatic carbocycles. The number of pyridine rings is 1. The number of hydrogen-bond donors (Lipinski definition) is 3. The molecule has 0 aliphatic carbocycles. The Hall–Kier alpha value is -1.84. The van der Waals surface area contributed by atoms with Gasteiger partial charge >= 0.3 is 0 Å². The number of allylic oxidation sites excluding steroid dienone is 1. The van der Waals surface area contributed by atoms with Crippen molar-refractivity contribution in [1.82, 2.24) is 4.98 Å². The van der Waals surface area contributed by atoms with Gasteiger partial charge in [-0.15, -0.1) is 0 Å². The monoisotopic (exact) mass is 163 g/mol. The fourth-order valence-corrected chi connectivity index (χ4v) is 0.790. The Morgan fingerprint density at radius 2 is 2.33 bits per heavy atom. The van der Waals surface area contributed by atoms with Crippen molar-refractivity contribution in [2.75, 3.05) is 5.73 Å². The molecule has 0 amide bonds. The van der Waals surface area contributed by atoms with E-state index in [1.54, 1.807) is 18.2 Å². The zero-order valence-corrected chi connectivity index (χ0v) is 6.36. The SMILES string of the molecule is N=C/C(=C\O)c1cccc(N)n1. The molecule has 1 heterocycles. The Morgan fingerprint density at radius 3 is 2.83 bits per heavy atom. The van der Waals surface area contributed by atoms with Crippen molar-refractivity contribution in [2.45, 2.75) is 0 Å². The summed E-state index contributed by atoms with van der Waals surface area (Å²) in [6.45, 7) is 0. The van der Waals surface area contributed by atoms with Crippen LogP contribution in [0.25, 0.3) is 5.57 Å². The molecule has 0 saturated heterocycles. The third-order valence-corrected chi connectivity index (χ3v) is 1.36. The van der Waals surface area contributed by atoms with Gasteiger partial charge in [-0.2, -0.15) is 0 Å². The number of nitrogens with one attached hydrogen (secondary N) is 1. The molecule has 1 aromatic rings. The van der Waals surface area contributed by atoms with Crippen LogP contribution >= 0.6 is 0 Å². The molecule has 0 spiro atoms. The number of anilines is 1. The van der Waals surface area contributed by atoms with Gasteiger partial charge in [-0.05, 0) is 12.1 Å². The van der Waals surface area contributed by atoms with Crippen LogP contribution < -0.4 is 5.73 Å². The Balaban J connectivity index is 3.10. The maximum Gasteiger partial charge on any atom is 0.124 e. The summed E-state index contributed by atoms with van der Waals surface area (Å²) in [7, 11) is 0. The maximum atomic E-state index is 8.68. The summed E-state index contributed by atoms with van der Waals surface area (Å²) in [6.07, 6.45) is 1.84. The van der Waals surface area contributed by atoms with E-state index in [4.69, 9.17) is 16.2 Å². The highest BCUT2D eigenvalue weighted by atomic mass is 16.2. The number of nitrogen functional groups attached to an aromatic ring is 1. The molecule has 12 heavy (non-hydrogen) atoms. The summed E-state index contributed by atoms with van der Waals surface area (Å²) in [5, 5.41) is 15.6. The number of hydrogen-bond acceptors (Lipinski definition) is 4. The molecule has 0 aliphatic rings. The van der Waals surface area contributed by atoms with Gasteiger partial charge in [-0.3, -0.25) is 0 Å².